The van der Waals surface area contributed by atoms with E-state index >= 15 is 0 Å². The summed E-state index contributed by atoms with van der Waals surface area (Å²) in [6.07, 6.45) is 0.928. The highest BCUT2D eigenvalue weighted by Gasteiger charge is 2.16. The maximum absolute atomic E-state index is 13.3. The van der Waals surface area contributed by atoms with Gasteiger partial charge >= 0.3 is 0 Å². The second-order valence-corrected chi connectivity index (χ2v) is 4.41. The van der Waals surface area contributed by atoms with Gasteiger partial charge in [-0.25, -0.2) is 4.39 Å². The molecule has 1 aliphatic heterocycles. The third kappa shape index (κ3) is 2.41. The molecular formula is C10H12BrFN2O. The average molecular weight is 275 g/mol. The standard InChI is InChI=1S/C10H12BrFN2O/c11-7-3-9(13)10(4-8(7)12)14-6-1-2-15-5-6/h3-4,6,14H,1-2,5,13H2. The average Bonchev–Trinajstić information content (AvgIpc) is 2.67. The highest BCUT2D eigenvalue weighted by atomic mass is 79.9. The number of nitrogen functional groups attached to an aromatic ring is 1. The van der Waals surface area contributed by atoms with Crippen molar-refractivity contribution in [3.63, 3.8) is 0 Å². The first-order chi connectivity index (χ1) is 7.16. The number of halogens is 2. The number of benzene rings is 1. The zero-order chi connectivity index (χ0) is 10.8. The van der Waals surface area contributed by atoms with E-state index in [9.17, 15) is 4.39 Å². The first-order valence-corrected chi connectivity index (χ1v) is 5.55. The van der Waals surface area contributed by atoms with Gasteiger partial charge in [0.2, 0.25) is 0 Å². The van der Waals surface area contributed by atoms with Crippen molar-refractivity contribution >= 4 is 27.3 Å². The molecule has 1 unspecified atom stereocenters. The zero-order valence-corrected chi connectivity index (χ0v) is 9.68. The van der Waals surface area contributed by atoms with E-state index in [1.807, 2.05) is 0 Å². The monoisotopic (exact) mass is 274 g/mol. The van der Waals surface area contributed by atoms with Gasteiger partial charge in [0.15, 0.2) is 0 Å². The molecule has 0 aliphatic carbocycles. The van der Waals surface area contributed by atoms with Crippen LogP contribution < -0.4 is 11.1 Å². The number of anilines is 2. The molecule has 1 heterocycles. The Morgan fingerprint density at radius 2 is 2.33 bits per heavy atom. The molecule has 5 heteroatoms. The second kappa shape index (κ2) is 4.37. The molecule has 3 N–H and O–H groups in total. The Kier molecular flexibility index (Phi) is 3.11. The molecule has 0 radical (unpaired) electrons. The second-order valence-electron chi connectivity index (χ2n) is 3.56. The lowest BCUT2D eigenvalue weighted by molar-refractivity contribution is 0.195. The molecular weight excluding hydrogens is 263 g/mol. The van der Waals surface area contributed by atoms with Crippen LogP contribution in [0.3, 0.4) is 0 Å². The molecule has 1 aliphatic rings. The van der Waals surface area contributed by atoms with Gasteiger partial charge in [-0.3, -0.25) is 0 Å². The van der Waals surface area contributed by atoms with Crippen LogP contribution in [0.4, 0.5) is 15.8 Å². The van der Waals surface area contributed by atoms with Crippen molar-refractivity contribution in [1.82, 2.24) is 0 Å². The third-order valence-electron chi connectivity index (χ3n) is 2.38. The van der Waals surface area contributed by atoms with Gasteiger partial charge < -0.3 is 15.8 Å². The lowest BCUT2D eigenvalue weighted by atomic mass is 10.2. The molecule has 82 valence electrons. The number of ether oxygens (including phenoxy) is 1. The maximum atomic E-state index is 13.3. The number of nitrogens with one attached hydrogen (secondary N) is 1. The highest BCUT2D eigenvalue weighted by molar-refractivity contribution is 9.10. The number of nitrogens with two attached hydrogens (primary N) is 1. The summed E-state index contributed by atoms with van der Waals surface area (Å²) >= 11 is 3.09. The molecule has 2 rings (SSSR count). The van der Waals surface area contributed by atoms with E-state index in [2.05, 4.69) is 21.2 Å². The van der Waals surface area contributed by atoms with E-state index in [-0.39, 0.29) is 11.9 Å². The predicted octanol–water partition coefficient (Wildman–Crippen LogP) is 2.37. The molecule has 1 saturated heterocycles. The Bertz CT molecular complexity index is 367. The minimum Gasteiger partial charge on any atom is -0.397 e. The minimum absolute atomic E-state index is 0.230. The number of hydrogen-bond acceptors (Lipinski definition) is 3. The Hall–Kier alpha value is -0.810. The van der Waals surface area contributed by atoms with Crippen molar-refractivity contribution in [2.24, 2.45) is 0 Å². The molecule has 1 atom stereocenters. The molecule has 0 bridgehead atoms. The van der Waals surface area contributed by atoms with Crippen molar-refractivity contribution < 1.29 is 9.13 Å². The van der Waals surface area contributed by atoms with Crippen LogP contribution >= 0.6 is 15.9 Å². The molecule has 1 aromatic rings. The van der Waals surface area contributed by atoms with E-state index < -0.39 is 0 Å². The first kappa shape index (κ1) is 10.7. The van der Waals surface area contributed by atoms with Crippen LogP contribution in [0.25, 0.3) is 0 Å². The van der Waals surface area contributed by atoms with Crippen LogP contribution in [0.5, 0.6) is 0 Å². The van der Waals surface area contributed by atoms with Crippen molar-refractivity contribution in [3.8, 4) is 0 Å². The van der Waals surface area contributed by atoms with Gasteiger partial charge in [0.1, 0.15) is 5.82 Å². The maximum Gasteiger partial charge on any atom is 0.139 e. The summed E-state index contributed by atoms with van der Waals surface area (Å²) in [6, 6.07) is 3.19. The number of rotatable bonds is 2. The SMILES string of the molecule is Nc1cc(Br)c(F)cc1NC1CCOC1. The lowest BCUT2D eigenvalue weighted by Gasteiger charge is -2.14. The van der Waals surface area contributed by atoms with Crippen LogP contribution in [0.1, 0.15) is 6.42 Å². The van der Waals surface area contributed by atoms with Gasteiger partial charge in [-0.15, -0.1) is 0 Å². The smallest absolute Gasteiger partial charge is 0.139 e. The van der Waals surface area contributed by atoms with Crippen LogP contribution in [-0.2, 0) is 4.74 Å². The molecule has 0 aromatic heterocycles. The predicted molar refractivity (Wildman–Crippen MR) is 61.4 cm³/mol. The molecule has 0 saturated carbocycles. The normalized spacial score (nSPS) is 20.5. The minimum atomic E-state index is -0.314. The fourth-order valence-electron chi connectivity index (χ4n) is 1.56. The topological polar surface area (TPSA) is 47.3 Å². The summed E-state index contributed by atoms with van der Waals surface area (Å²) in [5.41, 5.74) is 6.94. The van der Waals surface area contributed by atoms with E-state index in [1.165, 1.54) is 6.07 Å². The Morgan fingerprint density at radius 1 is 1.53 bits per heavy atom. The Morgan fingerprint density at radius 3 is 3.00 bits per heavy atom. The van der Waals surface area contributed by atoms with Gasteiger partial charge in [0.05, 0.1) is 28.5 Å². The van der Waals surface area contributed by atoms with Gasteiger partial charge in [-0.05, 0) is 28.4 Å². The molecule has 0 spiro atoms. The first-order valence-electron chi connectivity index (χ1n) is 4.75. The Balaban J connectivity index is 2.16. The third-order valence-corrected chi connectivity index (χ3v) is 2.99. The zero-order valence-electron chi connectivity index (χ0n) is 8.09. The van der Waals surface area contributed by atoms with Crippen molar-refractivity contribution in [1.29, 1.82) is 0 Å². The molecule has 1 aromatic carbocycles. The van der Waals surface area contributed by atoms with Crippen molar-refractivity contribution in [2.75, 3.05) is 24.3 Å². The number of hydrogen-bond donors (Lipinski definition) is 2. The molecule has 15 heavy (non-hydrogen) atoms. The summed E-state index contributed by atoms with van der Waals surface area (Å²) in [6.45, 7) is 1.40. The Labute approximate surface area is 95.9 Å². The fourth-order valence-corrected chi connectivity index (χ4v) is 1.92. The summed E-state index contributed by atoms with van der Waals surface area (Å²) in [5.74, 6) is -0.314. The molecule has 3 nitrogen and oxygen atoms in total. The largest absolute Gasteiger partial charge is 0.397 e. The van der Waals surface area contributed by atoms with Crippen LogP contribution in [-0.4, -0.2) is 19.3 Å². The van der Waals surface area contributed by atoms with E-state index in [0.29, 0.717) is 22.5 Å². The van der Waals surface area contributed by atoms with Gasteiger partial charge in [0, 0.05) is 12.7 Å². The lowest BCUT2D eigenvalue weighted by Crippen LogP contribution is -2.19. The van der Waals surface area contributed by atoms with Gasteiger partial charge in [-0.1, -0.05) is 0 Å². The summed E-state index contributed by atoms with van der Waals surface area (Å²) < 4.78 is 18.9. The van der Waals surface area contributed by atoms with E-state index in [4.69, 9.17) is 10.5 Å². The van der Waals surface area contributed by atoms with Crippen LogP contribution in [0.2, 0.25) is 0 Å². The van der Waals surface area contributed by atoms with Crippen molar-refractivity contribution in [2.45, 2.75) is 12.5 Å². The van der Waals surface area contributed by atoms with Crippen molar-refractivity contribution in [3.05, 3.63) is 22.4 Å². The quantitative estimate of drug-likeness (QED) is 0.814. The van der Waals surface area contributed by atoms with Crippen LogP contribution in [0, 0.1) is 5.82 Å². The molecule has 1 fully saturated rings. The summed E-state index contributed by atoms with van der Waals surface area (Å²) in [4.78, 5) is 0. The molecule has 0 amide bonds. The van der Waals surface area contributed by atoms with Gasteiger partial charge in [0.25, 0.3) is 0 Å². The van der Waals surface area contributed by atoms with E-state index in [0.717, 1.165) is 13.0 Å². The van der Waals surface area contributed by atoms with Crippen LogP contribution in [0.15, 0.2) is 16.6 Å². The summed E-state index contributed by atoms with van der Waals surface area (Å²) in [7, 11) is 0. The fraction of sp³-hybridized carbons (Fsp3) is 0.400. The van der Waals surface area contributed by atoms with E-state index in [1.54, 1.807) is 6.07 Å². The summed E-state index contributed by atoms with van der Waals surface area (Å²) in [5, 5.41) is 3.17. The highest BCUT2D eigenvalue weighted by Crippen LogP contribution is 2.27. The van der Waals surface area contributed by atoms with Gasteiger partial charge in [-0.2, -0.15) is 0 Å².